The molecule has 7 nitrogen and oxygen atoms in total. The maximum absolute atomic E-state index is 12.5. The normalized spacial score (nSPS) is 22.0. The van der Waals surface area contributed by atoms with Crippen LogP contribution in [-0.4, -0.2) is 57.8 Å². The van der Waals surface area contributed by atoms with Crippen LogP contribution in [0.15, 0.2) is 29.2 Å². The van der Waals surface area contributed by atoms with Crippen LogP contribution in [-0.2, 0) is 11.8 Å². The SMILES string of the molecule is Cn1cc(C(=O)N[C@H]2CCOC3(CCN(C(=O)c4ccsc4)CC3)C2)cn1. The average molecular weight is 388 g/mol. The Morgan fingerprint density at radius 2 is 2.15 bits per heavy atom. The Morgan fingerprint density at radius 1 is 1.33 bits per heavy atom. The van der Waals surface area contributed by atoms with Crippen molar-refractivity contribution in [3.63, 3.8) is 0 Å². The summed E-state index contributed by atoms with van der Waals surface area (Å²) >= 11 is 1.54. The second kappa shape index (κ2) is 7.44. The Labute approximate surface area is 162 Å². The quantitative estimate of drug-likeness (QED) is 0.873. The minimum atomic E-state index is -0.240. The Morgan fingerprint density at radius 3 is 2.81 bits per heavy atom. The first-order valence-corrected chi connectivity index (χ1v) is 10.2. The molecule has 4 heterocycles. The van der Waals surface area contributed by atoms with Crippen LogP contribution in [0, 0.1) is 0 Å². The molecule has 0 bridgehead atoms. The molecule has 27 heavy (non-hydrogen) atoms. The lowest BCUT2D eigenvalue weighted by molar-refractivity contribution is -0.114. The summed E-state index contributed by atoms with van der Waals surface area (Å²) in [4.78, 5) is 26.9. The Balaban J connectivity index is 1.34. The highest BCUT2D eigenvalue weighted by molar-refractivity contribution is 7.08. The summed E-state index contributed by atoms with van der Waals surface area (Å²) in [6.45, 7) is 2.02. The summed E-state index contributed by atoms with van der Waals surface area (Å²) in [6.07, 6.45) is 6.52. The number of nitrogens with zero attached hydrogens (tertiary/aromatic N) is 3. The van der Waals surface area contributed by atoms with E-state index in [1.165, 1.54) is 0 Å². The molecular formula is C19H24N4O3S. The van der Waals surface area contributed by atoms with Crippen molar-refractivity contribution >= 4 is 23.2 Å². The van der Waals surface area contributed by atoms with Gasteiger partial charge >= 0.3 is 0 Å². The molecular weight excluding hydrogens is 364 g/mol. The topological polar surface area (TPSA) is 76.5 Å². The Bertz CT molecular complexity index is 809. The summed E-state index contributed by atoms with van der Waals surface area (Å²) in [6, 6.07) is 1.96. The molecule has 1 N–H and O–H groups in total. The largest absolute Gasteiger partial charge is 0.375 e. The minimum Gasteiger partial charge on any atom is -0.375 e. The fraction of sp³-hybridized carbons (Fsp3) is 0.526. The van der Waals surface area contributed by atoms with Crippen LogP contribution in [0.4, 0.5) is 0 Å². The minimum absolute atomic E-state index is 0.0878. The van der Waals surface area contributed by atoms with Gasteiger partial charge in [0.15, 0.2) is 0 Å². The van der Waals surface area contributed by atoms with E-state index in [2.05, 4.69) is 10.4 Å². The molecule has 8 heteroatoms. The van der Waals surface area contributed by atoms with E-state index in [9.17, 15) is 9.59 Å². The number of aryl methyl sites for hydroxylation is 1. The van der Waals surface area contributed by atoms with Gasteiger partial charge in [0.1, 0.15) is 0 Å². The number of carbonyl (C=O) groups excluding carboxylic acids is 2. The number of piperidine rings is 1. The Kier molecular flexibility index (Phi) is 5.01. The average Bonchev–Trinajstić information content (AvgIpc) is 3.34. The van der Waals surface area contributed by atoms with E-state index in [4.69, 9.17) is 4.74 Å². The van der Waals surface area contributed by atoms with Gasteiger partial charge in [-0.1, -0.05) is 0 Å². The molecule has 2 amide bonds. The first-order valence-electron chi connectivity index (χ1n) is 9.30. The molecule has 2 saturated heterocycles. The molecule has 144 valence electrons. The lowest BCUT2D eigenvalue weighted by Gasteiger charge is -2.46. The number of aromatic nitrogens is 2. The van der Waals surface area contributed by atoms with Crippen molar-refractivity contribution in [3.05, 3.63) is 40.3 Å². The van der Waals surface area contributed by atoms with Crippen molar-refractivity contribution < 1.29 is 14.3 Å². The van der Waals surface area contributed by atoms with Crippen LogP contribution in [0.25, 0.3) is 0 Å². The predicted octanol–water partition coefficient (Wildman–Crippen LogP) is 2.07. The number of nitrogens with one attached hydrogen (secondary N) is 1. The van der Waals surface area contributed by atoms with E-state index in [0.29, 0.717) is 25.3 Å². The number of likely N-dealkylation sites (tertiary alicyclic amines) is 1. The van der Waals surface area contributed by atoms with Crippen molar-refractivity contribution in [2.75, 3.05) is 19.7 Å². The van der Waals surface area contributed by atoms with E-state index in [0.717, 1.165) is 31.2 Å². The van der Waals surface area contributed by atoms with Crippen LogP contribution in [0.3, 0.4) is 0 Å². The second-order valence-corrected chi connectivity index (χ2v) is 8.18. The van der Waals surface area contributed by atoms with E-state index in [1.807, 2.05) is 21.7 Å². The summed E-state index contributed by atoms with van der Waals surface area (Å²) in [5, 5.41) is 11.0. The highest BCUT2D eigenvalue weighted by atomic mass is 32.1. The lowest BCUT2D eigenvalue weighted by atomic mass is 9.82. The molecule has 0 saturated carbocycles. The van der Waals surface area contributed by atoms with Gasteiger partial charge in [-0.3, -0.25) is 14.3 Å². The van der Waals surface area contributed by atoms with Gasteiger partial charge in [-0.15, -0.1) is 0 Å². The summed E-state index contributed by atoms with van der Waals surface area (Å²) in [5.74, 6) is 0.0126. The smallest absolute Gasteiger partial charge is 0.254 e. The van der Waals surface area contributed by atoms with Crippen LogP contribution in [0.2, 0.25) is 0 Å². The number of amides is 2. The third-order valence-electron chi connectivity index (χ3n) is 5.53. The fourth-order valence-corrected chi connectivity index (χ4v) is 4.62. The summed E-state index contributed by atoms with van der Waals surface area (Å²) in [7, 11) is 1.80. The van der Waals surface area contributed by atoms with Crippen molar-refractivity contribution in [2.45, 2.75) is 37.3 Å². The van der Waals surface area contributed by atoms with E-state index in [1.54, 1.807) is 35.5 Å². The molecule has 1 atom stereocenters. The number of rotatable bonds is 3. The van der Waals surface area contributed by atoms with Gasteiger partial charge in [0.05, 0.1) is 22.9 Å². The zero-order valence-corrected chi connectivity index (χ0v) is 16.2. The standard InChI is InChI=1S/C19H24N4O3S/c1-22-12-15(11-20-22)17(24)21-16-2-8-26-19(10-16)4-6-23(7-5-19)18(25)14-3-9-27-13-14/h3,9,11-13,16H,2,4-8,10H2,1H3,(H,21,24)/t16-/m0/s1. The zero-order chi connectivity index (χ0) is 18.9. The Hall–Kier alpha value is -2.19. The van der Waals surface area contributed by atoms with Crippen molar-refractivity contribution in [3.8, 4) is 0 Å². The highest BCUT2D eigenvalue weighted by Gasteiger charge is 2.41. The van der Waals surface area contributed by atoms with E-state index < -0.39 is 0 Å². The molecule has 2 aromatic rings. The van der Waals surface area contributed by atoms with Crippen molar-refractivity contribution in [1.82, 2.24) is 20.0 Å². The predicted molar refractivity (Wildman–Crippen MR) is 102 cm³/mol. The number of hydrogen-bond acceptors (Lipinski definition) is 5. The van der Waals surface area contributed by atoms with Crippen LogP contribution >= 0.6 is 11.3 Å². The van der Waals surface area contributed by atoms with Crippen LogP contribution < -0.4 is 5.32 Å². The van der Waals surface area contributed by atoms with E-state index in [-0.39, 0.29) is 23.5 Å². The third-order valence-corrected chi connectivity index (χ3v) is 6.21. The van der Waals surface area contributed by atoms with Gasteiger partial charge in [0.25, 0.3) is 11.8 Å². The first kappa shape index (κ1) is 18.2. The fourth-order valence-electron chi connectivity index (χ4n) is 3.99. The molecule has 0 aliphatic carbocycles. The van der Waals surface area contributed by atoms with Crippen molar-refractivity contribution in [1.29, 1.82) is 0 Å². The summed E-state index contributed by atoms with van der Waals surface area (Å²) < 4.78 is 7.77. The maximum atomic E-state index is 12.5. The van der Waals surface area contributed by atoms with Crippen LogP contribution in [0.5, 0.6) is 0 Å². The second-order valence-electron chi connectivity index (χ2n) is 7.40. The molecule has 0 aromatic carbocycles. The van der Waals surface area contributed by atoms with Gasteiger partial charge in [-0.25, -0.2) is 0 Å². The third kappa shape index (κ3) is 3.91. The summed E-state index contributed by atoms with van der Waals surface area (Å²) in [5.41, 5.74) is 1.10. The molecule has 2 fully saturated rings. The molecule has 2 aromatic heterocycles. The molecule has 0 radical (unpaired) electrons. The van der Waals surface area contributed by atoms with Gasteiger partial charge in [0, 0.05) is 44.4 Å². The van der Waals surface area contributed by atoms with Gasteiger partial charge in [-0.2, -0.15) is 16.4 Å². The lowest BCUT2D eigenvalue weighted by Crippen LogP contribution is -2.54. The number of carbonyl (C=O) groups is 2. The monoisotopic (exact) mass is 388 g/mol. The van der Waals surface area contributed by atoms with Gasteiger partial charge in [0.2, 0.25) is 0 Å². The maximum Gasteiger partial charge on any atom is 0.254 e. The molecule has 2 aliphatic heterocycles. The van der Waals surface area contributed by atoms with Gasteiger partial charge in [-0.05, 0) is 37.1 Å². The number of hydrogen-bond donors (Lipinski definition) is 1. The highest BCUT2D eigenvalue weighted by Crippen LogP contribution is 2.35. The molecule has 2 aliphatic rings. The van der Waals surface area contributed by atoms with Crippen LogP contribution in [0.1, 0.15) is 46.4 Å². The van der Waals surface area contributed by atoms with Gasteiger partial charge < -0.3 is 15.0 Å². The molecule has 0 unspecified atom stereocenters. The van der Waals surface area contributed by atoms with Crippen molar-refractivity contribution in [2.24, 2.45) is 7.05 Å². The number of ether oxygens (including phenoxy) is 1. The zero-order valence-electron chi connectivity index (χ0n) is 15.4. The first-order chi connectivity index (χ1) is 13.0. The van der Waals surface area contributed by atoms with E-state index >= 15 is 0 Å². The molecule has 1 spiro atoms. The molecule has 4 rings (SSSR count). The number of thiophene rings is 1.